The van der Waals surface area contributed by atoms with Crippen LogP contribution in [0, 0.1) is 5.82 Å². The summed E-state index contributed by atoms with van der Waals surface area (Å²) < 4.78 is 13.3. The summed E-state index contributed by atoms with van der Waals surface area (Å²) >= 11 is 5.98. The van der Waals surface area contributed by atoms with Gasteiger partial charge in [-0.1, -0.05) is 35.9 Å². The molecule has 0 radical (unpaired) electrons. The molecule has 3 rings (SSSR count). The second-order valence-electron chi connectivity index (χ2n) is 4.33. The number of rotatable bonds is 2. The second-order valence-corrected chi connectivity index (χ2v) is 4.74. The number of ketones is 1. The van der Waals surface area contributed by atoms with Gasteiger partial charge >= 0.3 is 0 Å². The molecule has 0 aliphatic heterocycles. The van der Waals surface area contributed by atoms with E-state index >= 15 is 0 Å². The molecule has 0 unspecified atom stereocenters. The SMILES string of the molecule is O=C(c1cc(F)ccc1Cl)c1nccc2ccccc12. The van der Waals surface area contributed by atoms with Crippen molar-refractivity contribution in [3.63, 3.8) is 0 Å². The number of carbonyl (C=O) groups excluding carboxylic acids is 1. The number of hydrogen-bond acceptors (Lipinski definition) is 2. The number of benzene rings is 2. The standard InChI is InChI=1S/C16H9ClFNO/c17-14-6-5-11(18)9-13(14)16(20)15-12-4-2-1-3-10(12)7-8-19-15/h1-9H. The predicted molar refractivity (Wildman–Crippen MR) is 76.6 cm³/mol. The van der Waals surface area contributed by atoms with Gasteiger partial charge in [0, 0.05) is 17.1 Å². The summed E-state index contributed by atoms with van der Waals surface area (Å²) in [6.45, 7) is 0. The molecule has 3 aromatic rings. The van der Waals surface area contributed by atoms with Crippen LogP contribution in [0.3, 0.4) is 0 Å². The Morgan fingerprint density at radius 1 is 1.10 bits per heavy atom. The van der Waals surface area contributed by atoms with E-state index in [2.05, 4.69) is 4.98 Å². The molecule has 0 amide bonds. The van der Waals surface area contributed by atoms with Gasteiger partial charge in [0.05, 0.1) is 5.02 Å². The van der Waals surface area contributed by atoms with Gasteiger partial charge < -0.3 is 0 Å². The number of fused-ring (bicyclic) bond motifs is 1. The molecular weight excluding hydrogens is 277 g/mol. The fourth-order valence-corrected chi connectivity index (χ4v) is 2.30. The van der Waals surface area contributed by atoms with Gasteiger partial charge in [-0.05, 0) is 29.7 Å². The fourth-order valence-electron chi connectivity index (χ4n) is 2.10. The van der Waals surface area contributed by atoms with Crippen molar-refractivity contribution in [3.8, 4) is 0 Å². The summed E-state index contributed by atoms with van der Waals surface area (Å²) in [5, 5.41) is 1.84. The number of pyridine rings is 1. The highest BCUT2D eigenvalue weighted by atomic mass is 35.5. The van der Waals surface area contributed by atoms with Gasteiger partial charge in [0.2, 0.25) is 5.78 Å². The number of nitrogens with zero attached hydrogens (tertiary/aromatic N) is 1. The lowest BCUT2D eigenvalue weighted by atomic mass is 10.0. The molecule has 0 fully saturated rings. The van der Waals surface area contributed by atoms with E-state index in [1.165, 1.54) is 12.1 Å². The van der Waals surface area contributed by atoms with Crippen molar-refractivity contribution in [2.24, 2.45) is 0 Å². The van der Waals surface area contributed by atoms with Crippen LogP contribution in [-0.2, 0) is 0 Å². The Morgan fingerprint density at radius 3 is 2.75 bits per heavy atom. The topological polar surface area (TPSA) is 30.0 Å². The van der Waals surface area contributed by atoms with Crippen molar-refractivity contribution in [3.05, 3.63) is 76.8 Å². The summed E-state index contributed by atoms with van der Waals surface area (Å²) in [5.74, 6) is -0.885. The lowest BCUT2D eigenvalue weighted by Crippen LogP contribution is -2.06. The molecule has 0 bridgehead atoms. The minimum absolute atomic E-state index is 0.121. The number of halogens is 2. The zero-order chi connectivity index (χ0) is 14.1. The average Bonchev–Trinajstić information content (AvgIpc) is 2.48. The van der Waals surface area contributed by atoms with E-state index in [1.807, 2.05) is 30.3 Å². The van der Waals surface area contributed by atoms with Crippen molar-refractivity contribution >= 4 is 28.2 Å². The Kier molecular flexibility index (Phi) is 3.20. The van der Waals surface area contributed by atoms with Gasteiger partial charge in [-0.2, -0.15) is 0 Å². The first-order valence-electron chi connectivity index (χ1n) is 6.00. The molecule has 20 heavy (non-hydrogen) atoms. The molecular formula is C16H9ClFNO. The molecule has 2 nitrogen and oxygen atoms in total. The summed E-state index contributed by atoms with van der Waals surface area (Å²) in [5.41, 5.74) is 0.395. The van der Waals surface area contributed by atoms with E-state index in [0.717, 1.165) is 16.8 Å². The molecule has 4 heteroatoms. The van der Waals surface area contributed by atoms with Crippen molar-refractivity contribution in [2.45, 2.75) is 0 Å². The monoisotopic (exact) mass is 285 g/mol. The Labute approximate surface area is 119 Å². The number of hydrogen-bond donors (Lipinski definition) is 0. The van der Waals surface area contributed by atoms with E-state index in [-0.39, 0.29) is 22.1 Å². The van der Waals surface area contributed by atoms with Crippen LogP contribution in [0.1, 0.15) is 16.1 Å². The minimum atomic E-state index is -0.502. The Bertz CT molecular complexity index is 811. The molecule has 0 atom stereocenters. The lowest BCUT2D eigenvalue weighted by Gasteiger charge is -2.06. The van der Waals surface area contributed by atoms with Crippen LogP contribution < -0.4 is 0 Å². The smallest absolute Gasteiger partial charge is 0.213 e. The third-order valence-corrected chi connectivity index (χ3v) is 3.39. The lowest BCUT2D eigenvalue weighted by molar-refractivity contribution is 0.103. The zero-order valence-corrected chi connectivity index (χ0v) is 11.1. The molecule has 0 saturated carbocycles. The highest BCUT2D eigenvalue weighted by Gasteiger charge is 2.17. The van der Waals surface area contributed by atoms with Crippen LogP contribution in [0.25, 0.3) is 10.8 Å². The Morgan fingerprint density at radius 2 is 1.90 bits per heavy atom. The van der Waals surface area contributed by atoms with Crippen LogP contribution in [-0.4, -0.2) is 10.8 Å². The number of aromatic nitrogens is 1. The van der Waals surface area contributed by atoms with Crippen molar-refractivity contribution in [2.75, 3.05) is 0 Å². The maximum Gasteiger partial charge on any atom is 0.213 e. The van der Waals surface area contributed by atoms with E-state index < -0.39 is 5.82 Å². The van der Waals surface area contributed by atoms with E-state index in [1.54, 1.807) is 6.20 Å². The van der Waals surface area contributed by atoms with Crippen LogP contribution in [0.15, 0.2) is 54.7 Å². The van der Waals surface area contributed by atoms with E-state index in [0.29, 0.717) is 0 Å². The first-order valence-corrected chi connectivity index (χ1v) is 6.38. The normalized spacial score (nSPS) is 10.7. The summed E-state index contributed by atoms with van der Waals surface area (Å²) in [7, 11) is 0. The quantitative estimate of drug-likeness (QED) is 0.659. The third kappa shape index (κ3) is 2.17. The van der Waals surface area contributed by atoms with Crippen molar-refractivity contribution < 1.29 is 9.18 Å². The first kappa shape index (κ1) is 12.8. The zero-order valence-electron chi connectivity index (χ0n) is 10.3. The largest absolute Gasteiger partial charge is 0.287 e. The summed E-state index contributed by atoms with van der Waals surface area (Å²) in [6, 6.07) is 12.9. The van der Waals surface area contributed by atoms with Crippen LogP contribution in [0.2, 0.25) is 5.02 Å². The molecule has 1 heterocycles. The van der Waals surface area contributed by atoms with Crippen LogP contribution in [0.4, 0.5) is 4.39 Å². The maximum atomic E-state index is 13.3. The highest BCUT2D eigenvalue weighted by Crippen LogP contribution is 2.24. The van der Waals surface area contributed by atoms with Gasteiger partial charge in [-0.25, -0.2) is 4.39 Å². The van der Waals surface area contributed by atoms with Crippen molar-refractivity contribution in [1.82, 2.24) is 4.98 Å². The molecule has 98 valence electrons. The Hall–Kier alpha value is -2.26. The predicted octanol–water partition coefficient (Wildman–Crippen LogP) is 4.26. The summed E-state index contributed by atoms with van der Waals surface area (Å²) in [4.78, 5) is 16.6. The molecule has 0 N–H and O–H groups in total. The number of carbonyl (C=O) groups is 1. The first-order chi connectivity index (χ1) is 9.66. The van der Waals surface area contributed by atoms with Crippen molar-refractivity contribution in [1.29, 1.82) is 0 Å². The molecule has 0 saturated heterocycles. The summed E-state index contributed by atoms with van der Waals surface area (Å²) in [6.07, 6.45) is 1.56. The molecule has 1 aromatic heterocycles. The van der Waals surface area contributed by atoms with Gasteiger partial charge in [0.15, 0.2) is 0 Å². The second kappa shape index (κ2) is 5.02. The molecule has 0 aliphatic carbocycles. The van der Waals surface area contributed by atoms with Crippen LogP contribution >= 0.6 is 11.6 Å². The van der Waals surface area contributed by atoms with Gasteiger partial charge in [-0.15, -0.1) is 0 Å². The fraction of sp³-hybridized carbons (Fsp3) is 0. The third-order valence-electron chi connectivity index (χ3n) is 3.06. The minimum Gasteiger partial charge on any atom is -0.287 e. The van der Waals surface area contributed by atoms with Gasteiger partial charge in [0.25, 0.3) is 0 Å². The van der Waals surface area contributed by atoms with Gasteiger partial charge in [-0.3, -0.25) is 9.78 Å². The van der Waals surface area contributed by atoms with E-state index in [4.69, 9.17) is 11.6 Å². The van der Waals surface area contributed by atoms with Crippen LogP contribution in [0.5, 0.6) is 0 Å². The van der Waals surface area contributed by atoms with E-state index in [9.17, 15) is 9.18 Å². The van der Waals surface area contributed by atoms with Gasteiger partial charge in [0.1, 0.15) is 11.5 Å². The molecule has 0 spiro atoms. The maximum absolute atomic E-state index is 13.3. The highest BCUT2D eigenvalue weighted by molar-refractivity contribution is 6.35. The molecule has 0 aliphatic rings. The molecule has 2 aromatic carbocycles. The Balaban J connectivity index is 2.20. The average molecular weight is 286 g/mol.